The fourth-order valence-corrected chi connectivity index (χ4v) is 2.34. The Kier molecular flexibility index (Phi) is 3.63. The zero-order valence-corrected chi connectivity index (χ0v) is 10.1. The van der Waals surface area contributed by atoms with Crippen LogP contribution in [-0.2, 0) is 4.79 Å². The average Bonchev–Trinajstić information content (AvgIpc) is 2.28. The van der Waals surface area contributed by atoms with Gasteiger partial charge in [0.25, 0.3) is 5.92 Å². The first-order valence-corrected chi connectivity index (χ1v) is 6.06. The molecule has 0 spiro atoms. The van der Waals surface area contributed by atoms with Crippen molar-refractivity contribution >= 4 is 5.91 Å². The van der Waals surface area contributed by atoms with Gasteiger partial charge in [0, 0.05) is 45.6 Å². The first-order valence-electron chi connectivity index (χ1n) is 6.06. The normalized spacial score (nSPS) is 30.3. The minimum Gasteiger partial charge on any atom is -0.341 e. The van der Waals surface area contributed by atoms with E-state index in [0.29, 0.717) is 6.54 Å². The molecule has 98 valence electrons. The largest absolute Gasteiger partial charge is 0.341 e. The summed E-state index contributed by atoms with van der Waals surface area (Å²) >= 11 is 0. The van der Waals surface area contributed by atoms with Gasteiger partial charge in [0.15, 0.2) is 0 Å². The lowest BCUT2D eigenvalue weighted by Gasteiger charge is -2.37. The number of nitrogens with one attached hydrogen (secondary N) is 1. The molecule has 17 heavy (non-hydrogen) atoms. The number of amides is 1. The smallest absolute Gasteiger partial charge is 0.251 e. The molecule has 2 fully saturated rings. The van der Waals surface area contributed by atoms with Crippen LogP contribution in [0.5, 0.6) is 0 Å². The summed E-state index contributed by atoms with van der Waals surface area (Å²) in [7, 11) is 1.96. The van der Waals surface area contributed by atoms with Gasteiger partial charge in [-0.05, 0) is 7.05 Å². The molecule has 0 bridgehead atoms. The number of piperidine rings is 1. The third-order valence-corrected chi connectivity index (χ3v) is 3.48. The second-order valence-corrected chi connectivity index (χ2v) is 4.95. The van der Waals surface area contributed by atoms with E-state index in [9.17, 15) is 13.6 Å². The molecule has 0 aromatic rings. The Morgan fingerprint density at radius 2 is 1.94 bits per heavy atom. The second-order valence-electron chi connectivity index (χ2n) is 4.95. The van der Waals surface area contributed by atoms with Crippen LogP contribution in [0.15, 0.2) is 0 Å². The molecule has 2 heterocycles. The number of likely N-dealkylation sites (N-methyl/N-ethyl adjacent to an activating group) is 1. The Balaban J connectivity index is 1.88. The number of piperazine rings is 1. The standard InChI is InChI=1S/C11H19F2N3O/c1-15-7-4-14-9(8-15)10(17)16-5-2-11(12,13)3-6-16/h9,14H,2-8H2,1H3. The Labute approximate surface area is 99.9 Å². The monoisotopic (exact) mass is 247 g/mol. The van der Waals surface area contributed by atoms with Crippen molar-refractivity contribution in [2.75, 3.05) is 39.8 Å². The Morgan fingerprint density at radius 3 is 2.53 bits per heavy atom. The third kappa shape index (κ3) is 3.13. The summed E-state index contributed by atoms with van der Waals surface area (Å²) in [5.41, 5.74) is 0. The summed E-state index contributed by atoms with van der Waals surface area (Å²) in [6.45, 7) is 2.70. The molecule has 4 nitrogen and oxygen atoms in total. The van der Waals surface area contributed by atoms with Gasteiger partial charge in [0.05, 0.1) is 6.04 Å². The van der Waals surface area contributed by atoms with Crippen molar-refractivity contribution < 1.29 is 13.6 Å². The first kappa shape index (κ1) is 12.7. The van der Waals surface area contributed by atoms with E-state index in [1.807, 2.05) is 7.05 Å². The van der Waals surface area contributed by atoms with Gasteiger partial charge in [-0.15, -0.1) is 0 Å². The van der Waals surface area contributed by atoms with Crippen LogP contribution in [0.4, 0.5) is 8.78 Å². The van der Waals surface area contributed by atoms with Gasteiger partial charge in [-0.1, -0.05) is 0 Å². The van der Waals surface area contributed by atoms with Crippen molar-refractivity contribution in [2.45, 2.75) is 24.8 Å². The van der Waals surface area contributed by atoms with E-state index in [0.717, 1.165) is 13.1 Å². The predicted molar refractivity (Wildman–Crippen MR) is 60.0 cm³/mol. The van der Waals surface area contributed by atoms with E-state index in [4.69, 9.17) is 0 Å². The molecule has 1 amide bonds. The molecule has 0 radical (unpaired) electrons. The van der Waals surface area contributed by atoms with Gasteiger partial charge in [-0.2, -0.15) is 0 Å². The summed E-state index contributed by atoms with van der Waals surface area (Å²) in [6, 6.07) is -0.236. The summed E-state index contributed by atoms with van der Waals surface area (Å²) in [5.74, 6) is -2.62. The zero-order valence-electron chi connectivity index (χ0n) is 10.1. The van der Waals surface area contributed by atoms with Crippen molar-refractivity contribution in [1.82, 2.24) is 15.1 Å². The number of likely N-dealkylation sites (tertiary alicyclic amines) is 1. The number of carbonyl (C=O) groups excluding carboxylic acids is 1. The van der Waals surface area contributed by atoms with Crippen LogP contribution in [0.2, 0.25) is 0 Å². The Bertz CT molecular complexity index is 288. The van der Waals surface area contributed by atoms with Gasteiger partial charge in [-0.3, -0.25) is 4.79 Å². The third-order valence-electron chi connectivity index (χ3n) is 3.48. The molecule has 2 aliphatic heterocycles. The van der Waals surface area contributed by atoms with Crippen molar-refractivity contribution in [3.8, 4) is 0 Å². The van der Waals surface area contributed by atoms with Crippen molar-refractivity contribution in [3.63, 3.8) is 0 Å². The quantitative estimate of drug-likeness (QED) is 0.716. The van der Waals surface area contributed by atoms with Gasteiger partial charge < -0.3 is 15.1 Å². The Morgan fingerprint density at radius 1 is 1.29 bits per heavy atom. The number of hydrogen-bond donors (Lipinski definition) is 1. The summed E-state index contributed by atoms with van der Waals surface area (Å²) in [4.78, 5) is 15.7. The lowest BCUT2D eigenvalue weighted by Crippen LogP contribution is -2.58. The van der Waals surface area contributed by atoms with Crippen molar-refractivity contribution in [3.05, 3.63) is 0 Å². The number of nitrogens with zero attached hydrogens (tertiary/aromatic N) is 2. The summed E-state index contributed by atoms with van der Waals surface area (Å²) < 4.78 is 26.0. The maximum Gasteiger partial charge on any atom is 0.251 e. The predicted octanol–water partition coefficient (Wildman–Crippen LogP) is 0.148. The number of halogens is 2. The van der Waals surface area contributed by atoms with E-state index >= 15 is 0 Å². The van der Waals surface area contributed by atoms with Crippen LogP contribution in [0, 0.1) is 0 Å². The minimum atomic E-state index is -2.59. The van der Waals surface area contributed by atoms with Crippen molar-refractivity contribution in [1.29, 1.82) is 0 Å². The molecule has 1 unspecified atom stereocenters. The SMILES string of the molecule is CN1CCNC(C(=O)N2CCC(F)(F)CC2)C1. The number of alkyl halides is 2. The highest BCUT2D eigenvalue weighted by Crippen LogP contribution is 2.27. The van der Waals surface area contributed by atoms with Gasteiger partial charge in [-0.25, -0.2) is 8.78 Å². The van der Waals surface area contributed by atoms with Crippen molar-refractivity contribution in [2.24, 2.45) is 0 Å². The summed E-state index contributed by atoms with van der Waals surface area (Å²) in [6.07, 6.45) is -0.414. The van der Waals surface area contributed by atoms with Crippen LogP contribution in [-0.4, -0.2) is 67.4 Å². The molecule has 1 N–H and O–H groups in total. The van der Waals surface area contributed by atoms with E-state index in [1.54, 1.807) is 4.90 Å². The highest BCUT2D eigenvalue weighted by atomic mass is 19.3. The van der Waals surface area contributed by atoms with Crippen LogP contribution < -0.4 is 5.32 Å². The lowest BCUT2D eigenvalue weighted by molar-refractivity contribution is -0.140. The highest BCUT2D eigenvalue weighted by Gasteiger charge is 2.37. The molecule has 0 saturated carbocycles. The van der Waals surface area contributed by atoms with Crippen LogP contribution in [0.3, 0.4) is 0 Å². The van der Waals surface area contributed by atoms with E-state index in [1.165, 1.54) is 0 Å². The Hall–Kier alpha value is -0.750. The minimum absolute atomic E-state index is 0.0351. The molecule has 0 aliphatic carbocycles. The topological polar surface area (TPSA) is 35.6 Å². The van der Waals surface area contributed by atoms with Gasteiger partial charge in [0.1, 0.15) is 0 Å². The number of hydrogen-bond acceptors (Lipinski definition) is 3. The molecular weight excluding hydrogens is 228 g/mol. The van der Waals surface area contributed by atoms with E-state index in [-0.39, 0.29) is 37.9 Å². The molecular formula is C11H19F2N3O. The summed E-state index contributed by atoms with van der Waals surface area (Å²) in [5, 5.41) is 3.15. The van der Waals surface area contributed by atoms with Gasteiger partial charge >= 0.3 is 0 Å². The molecule has 2 rings (SSSR count). The molecule has 0 aromatic heterocycles. The number of rotatable bonds is 1. The average molecular weight is 247 g/mol. The van der Waals surface area contributed by atoms with E-state index in [2.05, 4.69) is 10.2 Å². The second kappa shape index (κ2) is 4.86. The zero-order chi connectivity index (χ0) is 12.5. The first-order chi connectivity index (χ1) is 7.98. The fraction of sp³-hybridized carbons (Fsp3) is 0.909. The van der Waals surface area contributed by atoms with Crippen LogP contribution in [0.25, 0.3) is 0 Å². The molecule has 2 saturated heterocycles. The molecule has 2 aliphatic rings. The maximum atomic E-state index is 13.0. The maximum absolute atomic E-state index is 13.0. The van der Waals surface area contributed by atoms with Crippen LogP contribution >= 0.6 is 0 Å². The fourth-order valence-electron chi connectivity index (χ4n) is 2.34. The van der Waals surface area contributed by atoms with Crippen LogP contribution in [0.1, 0.15) is 12.8 Å². The molecule has 0 aromatic carbocycles. The highest BCUT2D eigenvalue weighted by molar-refractivity contribution is 5.82. The number of carbonyl (C=O) groups is 1. The lowest BCUT2D eigenvalue weighted by atomic mass is 10.1. The van der Waals surface area contributed by atoms with E-state index < -0.39 is 5.92 Å². The van der Waals surface area contributed by atoms with Gasteiger partial charge in [0.2, 0.25) is 5.91 Å². The molecule has 1 atom stereocenters. The molecule has 6 heteroatoms.